The van der Waals surface area contributed by atoms with Crippen molar-refractivity contribution in [1.29, 1.82) is 5.26 Å². The molecule has 0 aromatic heterocycles. The second kappa shape index (κ2) is 5.23. The number of fused-ring (bicyclic) bond motifs is 1. The van der Waals surface area contributed by atoms with Crippen LogP contribution < -0.4 is 4.90 Å². The van der Waals surface area contributed by atoms with E-state index in [0.29, 0.717) is 17.7 Å². The summed E-state index contributed by atoms with van der Waals surface area (Å²) in [6.07, 6.45) is 0. The van der Waals surface area contributed by atoms with Gasteiger partial charge in [0.05, 0.1) is 11.1 Å². The van der Waals surface area contributed by atoms with Gasteiger partial charge in [0.2, 0.25) is 0 Å². The molecule has 0 radical (unpaired) electrons. The Balaban J connectivity index is 1.89. The summed E-state index contributed by atoms with van der Waals surface area (Å²) >= 11 is 3.39. The molecule has 4 nitrogen and oxygen atoms in total. The Kier molecular flexibility index (Phi) is 3.40. The molecule has 1 aliphatic rings. The molecule has 0 saturated heterocycles. The van der Waals surface area contributed by atoms with Crippen molar-refractivity contribution in [2.75, 3.05) is 4.90 Å². The first-order valence-corrected chi connectivity index (χ1v) is 7.17. The molecule has 3 rings (SSSR count). The van der Waals surface area contributed by atoms with Crippen LogP contribution in [0, 0.1) is 11.3 Å². The Bertz CT molecular complexity index is 780. The quantitative estimate of drug-likeness (QED) is 0.906. The molecule has 5 heteroatoms. The summed E-state index contributed by atoms with van der Waals surface area (Å²) in [5, 5.41) is 18.0. The van der Waals surface area contributed by atoms with E-state index in [9.17, 15) is 4.79 Å². The molecule has 2 aromatic rings. The van der Waals surface area contributed by atoms with Gasteiger partial charge in [0.25, 0.3) is 0 Å². The number of aromatic carboxylic acids is 1. The Hall–Kier alpha value is -2.32. The number of carbonyl (C=O) groups is 1. The number of carboxylic acid groups (broad SMARTS) is 1. The van der Waals surface area contributed by atoms with E-state index in [4.69, 9.17) is 10.4 Å². The lowest BCUT2D eigenvalue weighted by Crippen LogP contribution is -2.14. The maximum atomic E-state index is 11.0. The fraction of sp³-hybridized carbons (Fsp3) is 0.125. The van der Waals surface area contributed by atoms with E-state index >= 15 is 0 Å². The normalized spacial score (nSPS) is 12.9. The standard InChI is InChI=1S/C16H11BrN2O2/c17-15-6-14(4-3-11(15)7-18)19-8-12-2-1-10(16(20)21)5-13(12)9-19/h1-6H,8-9H2,(H,20,21). The van der Waals surface area contributed by atoms with Gasteiger partial charge in [0.1, 0.15) is 6.07 Å². The molecule has 0 saturated carbocycles. The lowest BCUT2D eigenvalue weighted by molar-refractivity contribution is 0.0697. The fourth-order valence-electron chi connectivity index (χ4n) is 2.50. The first kappa shape index (κ1) is 13.7. The van der Waals surface area contributed by atoms with Crippen LogP contribution >= 0.6 is 15.9 Å². The average Bonchev–Trinajstić information content (AvgIpc) is 2.89. The van der Waals surface area contributed by atoms with Crippen molar-refractivity contribution >= 4 is 27.6 Å². The van der Waals surface area contributed by atoms with Gasteiger partial charge >= 0.3 is 5.97 Å². The molecule has 1 heterocycles. The number of nitrogens with zero attached hydrogens (tertiary/aromatic N) is 2. The van der Waals surface area contributed by atoms with Crippen molar-refractivity contribution in [2.24, 2.45) is 0 Å². The summed E-state index contributed by atoms with van der Waals surface area (Å²) in [5.41, 5.74) is 4.10. The van der Waals surface area contributed by atoms with Crippen molar-refractivity contribution in [3.8, 4) is 6.07 Å². The number of carboxylic acids is 1. The number of hydrogen-bond acceptors (Lipinski definition) is 3. The molecule has 0 unspecified atom stereocenters. The zero-order valence-electron chi connectivity index (χ0n) is 11.0. The van der Waals surface area contributed by atoms with Crippen molar-refractivity contribution in [2.45, 2.75) is 13.1 Å². The SMILES string of the molecule is N#Cc1ccc(N2Cc3ccc(C(=O)O)cc3C2)cc1Br. The highest BCUT2D eigenvalue weighted by molar-refractivity contribution is 9.10. The number of rotatable bonds is 2. The fourth-order valence-corrected chi connectivity index (χ4v) is 2.96. The third-order valence-corrected chi connectivity index (χ3v) is 4.27. The van der Waals surface area contributed by atoms with Crippen LogP contribution in [0.4, 0.5) is 5.69 Å². The first-order chi connectivity index (χ1) is 10.1. The van der Waals surface area contributed by atoms with E-state index in [-0.39, 0.29) is 0 Å². The zero-order valence-corrected chi connectivity index (χ0v) is 12.6. The minimum absolute atomic E-state index is 0.316. The number of anilines is 1. The van der Waals surface area contributed by atoms with Gasteiger partial charge in [-0.2, -0.15) is 5.26 Å². The third kappa shape index (κ3) is 2.50. The summed E-state index contributed by atoms with van der Waals surface area (Å²) in [7, 11) is 0. The lowest BCUT2D eigenvalue weighted by Gasteiger charge is -2.18. The predicted octanol–water partition coefficient (Wildman–Crippen LogP) is 3.54. The Morgan fingerprint density at radius 1 is 1.19 bits per heavy atom. The molecule has 0 amide bonds. The van der Waals surface area contributed by atoms with Gasteiger partial charge < -0.3 is 10.0 Å². The first-order valence-electron chi connectivity index (χ1n) is 6.38. The minimum Gasteiger partial charge on any atom is -0.478 e. The molecule has 0 spiro atoms. The average molecular weight is 343 g/mol. The van der Waals surface area contributed by atoms with Gasteiger partial charge in [-0.25, -0.2) is 4.79 Å². The van der Waals surface area contributed by atoms with Crippen LogP contribution in [0.2, 0.25) is 0 Å². The van der Waals surface area contributed by atoms with Gasteiger partial charge in [-0.15, -0.1) is 0 Å². The molecule has 104 valence electrons. The summed E-state index contributed by atoms with van der Waals surface area (Å²) < 4.78 is 0.768. The molecule has 1 aliphatic heterocycles. The highest BCUT2D eigenvalue weighted by Crippen LogP contribution is 2.31. The van der Waals surface area contributed by atoms with E-state index in [0.717, 1.165) is 27.8 Å². The van der Waals surface area contributed by atoms with Gasteiger partial charge in [-0.05, 0) is 57.4 Å². The van der Waals surface area contributed by atoms with Gasteiger partial charge in [0, 0.05) is 23.2 Å². The van der Waals surface area contributed by atoms with Crippen molar-refractivity contribution in [3.63, 3.8) is 0 Å². The van der Waals surface area contributed by atoms with Crippen LogP contribution in [-0.2, 0) is 13.1 Å². The molecule has 1 N–H and O–H groups in total. The second-order valence-corrected chi connectivity index (χ2v) is 5.77. The minimum atomic E-state index is -0.905. The number of benzene rings is 2. The van der Waals surface area contributed by atoms with Gasteiger partial charge in [-0.1, -0.05) is 6.07 Å². The van der Waals surface area contributed by atoms with Crippen molar-refractivity contribution in [1.82, 2.24) is 0 Å². The summed E-state index contributed by atoms with van der Waals surface area (Å²) in [4.78, 5) is 13.2. The molecule has 0 atom stereocenters. The highest BCUT2D eigenvalue weighted by Gasteiger charge is 2.21. The van der Waals surface area contributed by atoms with Crippen LogP contribution in [-0.4, -0.2) is 11.1 Å². The van der Waals surface area contributed by atoms with Crippen LogP contribution in [0.3, 0.4) is 0 Å². The monoisotopic (exact) mass is 342 g/mol. The van der Waals surface area contributed by atoms with E-state index in [2.05, 4.69) is 26.9 Å². The maximum absolute atomic E-state index is 11.0. The maximum Gasteiger partial charge on any atom is 0.335 e. The lowest BCUT2D eigenvalue weighted by atomic mass is 10.1. The second-order valence-electron chi connectivity index (χ2n) is 4.92. The Labute approximate surface area is 130 Å². The Morgan fingerprint density at radius 3 is 2.62 bits per heavy atom. The number of hydrogen-bond donors (Lipinski definition) is 1. The summed E-state index contributed by atoms with van der Waals surface area (Å²) in [5.74, 6) is -0.905. The molecule has 0 fully saturated rings. The van der Waals surface area contributed by atoms with Crippen LogP contribution in [0.5, 0.6) is 0 Å². The Morgan fingerprint density at radius 2 is 1.95 bits per heavy atom. The molecule has 21 heavy (non-hydrogen) atoms. The van der Waals surface area contributed by atoms with E-state index in [1.165, 1.54) is 0 Å². The van der Waals surface area contributed by atoms with Gasteiger partial charge in [0.15, 0.2) is 0 Å². The molecular weight excluding hydrogens is 332 g/mol. The number of halogens is 1. The largest absolute Gasteiger partial charge is 0.478 e. The van der Waals surface area contributed by atoms with Crippen LogP contribution in [0.25, 0.3) is 0 Å². The van der Waals surface area contributed by atoms with Crippen LogP contribution in [0.15, 0.2) is 40.9 Å². The van der Waals surface area contributed by atoms with Crippen molar-refractivity contribution < 1.29 is 9.90 Å². The van der Waals surface area contributed by atoms with Crippen molar-refractivity contribution in [3.05, 3.63) is 63.1 Å². The molecule has 0 bridgehead atoms. The zero-order chi connectivity index (χ0) is 15.0. The van der Waals surface area contributed by atoms with E-state index < -0.39 is 5.97 Å². The van der Waals surface area contributed by atoms with Gasteiger partial charge in [-0.3, -0.25) is 0 Å². The molecular formula is C16H11BrN2O2. The third-order valence-electron chi connectivity index (χ3n) is 3.61. The molecule has 2 aromatic carbocycles. The van der Waals surface area contributed by atoms with E-state index in [1.54, 1.807) is 18.2 Å². The topological polar surface area (TPSA) is 64.3 Å². The molecule has 0 aliphatic carbocycles. The highest BCUT2D eigenvalue weighted by atomic mass is 79.9. The summed E-state index contributed by atoms with van der Waals surface area (Å²) in [6, 6.07) is 13.0. The smallest absolute Gasteiger partial charge is 0.335 e. The number of nitriles is 1. The van der Waals surface area contributed by atoms with Crippen LogP contribution in [0.1, 0.15) is 27.0 Å². The summed E-state index contributed by atoms with van der Waals surface area (Å²) in [6.45, 7) is 1.42. The predicted molar refractivity (Wildman–Crippen MR) is 82.1 cm³/mol. The van der Waals surface area contributed by atoms with E-state index in [1.807, 2.05) is 18.2 Å².